The Morgan fingerprint density at radius 3 is 1.80 bits per heavy atom. The highest BCUT2D eigenvalue weighted by Gasteiger charge is 2.19. The van der Waals surface area contributed by atoms with Crippen LogP contribution in [0.5, 0.6) is 0 Å². The van der Waals surface area contributed by atoms with Crippen molar-refractivity contribution in [3.63, 3.8) is 0 Å². The van der Waals surface area contributed by atoms with E-state index in [2.05, 4.69) is 60.7 Å². The molecular weight excluding hydrogens is 585 g/mol. The van der Waals surface area contributed by atoms with Crippen LogP contribution < -0.4 is 0 Å². The standard InChI is InChI=1S/C40H24N4OS/c1-3-11-25(12-4-1)37-42-38(26-13-5-2-6-14-26)44-39(43-37)32-23-28(40-41-33-16-8-9-17-34(33)45-40)20-21-29(32)27-19-22-31-30-15-7-10-18-35(30)46-36(31)24-27/h1-24H. The van der Waals surface area contributed by atoms with Gasteiger partial charge in [0.15, 0.2) is 23.1 Å². The molecule has 0 fully saturated rings. The molecule has 0 bridgehead atoms. The highest BCUT2D eigenvalue weighted by atomic mass is 32.1. The largest absolute Gasteiger partial charge is 0.436 e. The van der Waals surface area contributed by atoms with Crippen molar-refractivity contribution in [2.45, 2.75) is 0 Å². The lowest BCUT2D eigenvalue weighted by molar-refractivity contribution is 0.620. The Hall–Kier alpha value is -5.98. The number of benzene rings is 6. The van der Waals surface area contributed by atoms with Crippen molar-refractivity contribution in [1.82, 2.24) is 19.9 Å². The van der Waals surface area contributed by atoms with Gasteiger partial charge in [-0.2, -0.15) is 0 Å². The van der Waals surface area contributed by atoms with Gasteiger partial charge >= 0.3 is 0 Å². The molecule has 9 aromatic rings. The molecule has 0 aliphatic heterocycles. The van der Waals surface area contributed by atoms with Crippen molar-refractivity contribution in [2.24, 2.45) is 0 Å². The Labute approximate surface area is 268 Å². The number of hydrogen-bond donors (Lipinski definition) is 0. The summed E-state index contributed by atoms with van der Waals surface area (Å²) in [5, 5.41) is 2.53. The minimum absolute atomic E-state index is 0.551. The van der Waals surface area contributed by atoms with Gasteiger partial charge in [0.2, 0.25) is 5.89 Å². The fraction of sp³-hybridized carbons (Fsp3) is 0. The maximum Gasteiger partial charge on any atom is 0.227 e. The lowest BCUT2D eigenvalue weighted by Gasteiger charge is -2.13. The van der Waals surface area contributed by atoms with Crippen molar-refractivity contribution >= 4 is 42.6 Å². The summed E-state index contributed by atoms with van der Waals surface area (Å²) in [7, 11) is 0. The zero-order chi connectivity index (χ0) is 30.5. The summed E-state index contributed by atoms with van der Waals surface area (Å²) in [6, 6.07) is 49.5. The SMILES string of the molecule is c1ccc(-c2nc(-c3ccccc3)nc(-c3cc(-c4nc5ccccc5o4)ccc3-c3ccc4c(c3)sc3ccccc34)n2)cc1. The molecule has 3 aromatic heterocycles. The maximum absolute atomic E-state index is 6.21. The zero-order valence-electron chi connectivity index (χ0n) is 24.5. The highest BCUT2D eigenvalue weighted by molar-refractivity contribution is 7.25. The molecular formula is C40H24N4OS. The molecule has 9 rings (SSSR count). The number of hydrogen-bond acceptors (Lipinski definition) is 6. The first-order valence-electron chi connectivity index (χ1n) is 15.1. The van der Waals surface area contributed by atoms with Crippen LogP contribution in [0.1, 0.15) is 0 Å². The van der Waals surface area contributed by atoms with Crippen LogP contribution in [-0.2, 0) is 0 Å². The lowest BCUT2D eigenvalue weighted by atomic mass is 9.96. The van der Waals surface area contributed by atoms with Gasteiger partial charge in [-0.05, 0) is 47.5 Å². The van der Waals surface area contributed by atoms with Gasteiger partial charge in [-0.25, -0.2) is 19.9 Å². The van der Waals surface area contributed by atoms with Crippen LogP contribution in [-0.4, -0.2) is 19.9 Å². The number of fused-ring (bicyclic) bond motifs is 4. The molecule has 0 aliphatic carbocycles. The Morgan fingerprint density at radius 1 is 0.413 bits per heavy atom. The van der Waals surface area contributed by atoms with Gasteiger partial charge in [0, 0.05) is 42.4 Å². The third-order valence-electron chi connectivity index (χ3n) is 8.19. The summed E-state index contributed by atoms with van der Waals surface area (Å²) >= 11 is 1.81. The molecule has 0 amide bonds. The topological polar surface area (TPSA) is 64.7 Å². The molecule has 3 heterocycles. The molecule has 216 valence electrons. The second-order valence-electron chi connectivity index (χ2n) is 11.1. The van der Waals surface area contributed by atoms with E-state index in [0.29, 0.717) is 23.4 Å². The van der Waals surface area contributed by atoms with E-state index in [0.717, 1.165) is 44.5 Å². The molecule has 0 spiro atoms. The van der Waals surface area contributed by atoms with Crippen LogP contribution >= 0.6 is 11.3 Å². The minimum atomic E-state index is 0.551. The van der Waals surface area contributed by atoms with Gasteiger partial charge in [0.05, 0.1) is 0 Å². The van der Waals surface area contributed by atoms with Crippen LogP contribution in [0.4, 0.5) is 0 Å². The Morgan fingerprint density at radius 2 is 1.04 bits per heavy atom. The van der Waals surface area contributed by atoms with Crippen molar-refractivity contribution in [3.8, 4) is 56.7 Å². The van der Waals surface area contributed by atoms with Crippen LogP contribution in [0, 0.1) is 0 Å². The summed E-state index contributed by atoms with van der Waals surface area (Å²) < 4.78 is 8.72. The molecule has 0 N–H and O–H groups in total. The average Bonchev–Trinajstić information content (AvgIpc) is 3.73. The number of para-hydroxylation sites is 2. The van der Waals surface area contributed by atoms with E-state index in [4.69, 9.17) is 24.4 Å². The molecule has 6 heteroatoms. The van der Waals surface area contributed by atoms with E-state index in [1.54, 1.807) is 0 Å². The van der Waals surface area contributed by atoms with Crippen molar-refractivity contribution < 1.29 is 4.42 Å². The third kappa shape index (κ3) is 4.64. The lowest BCUT2D eigenvalue weighted by Crippen LogP contribution is -2.01. The number of aromatic nitrogens is 4. The third-order valence-corrected chi connectivity index (χ3v) is 9.32. The number of nitrogens with zero attached hydrogens (tertiary/aromatic N) is 4. The predicted octanol–water partition coefficient (Wildman–Crippen LogP) is 10.7. The number of thiophene rings is 1. The Bertz CT molecular complexity index is 2450. The monoisotopic (exact) mass is 608 g/mol. The molecule has 0 saturated carbocycles. The first-order valence-corrected chi connectivity index (χ1v) is 15.9. The molecule has 5 nitrogen and oxygen atoms in total. The molecule has 6 aromatic carbocycles. The zero-order valence-corrected chi connectivity index (χ0v) is 25.3. The van der Waals surface area contributed by atoms with E-state index in [1.165, 1.54) is 20.2 Å². The first kappa shape index (κ1) is 26.4. The average molecular weight is 609 g/mol. The van der Waals surface area contributed by atoms with Crippen molar-refractivity contribution in [1.29, 1.82) is 0 Å². The molecule has 0 aliphatic rings. The van der Waals surface area contributed by atoms with Crippen LogP contribution in [0.25, 0.3) is 88.0 Å². The van der Waals surface area contributed by atoms with E-state index >= 15 is 0 Å². The second kappa shape index (κ2) is 10.9. The van der Waals surface area contributed by atoms with Crippen molar-refractivity contribution in [2.75, 3.05) is 0 Å². The normalized spacial score (nSPS) is 11.5. The molecule has 0 radical (unpaired) electrons. The minimum Gasteiger partial charge on any atom is -0.436 e. The fourth-order valence-electron chi connectivity index (χ4n) is 5.93. The van der Waals surface area contributed by atoms with Gasteiger partial charge in [-0.15, -0.1) is 11.3 Å². The van der Waals surface area contributed by atoms with Gasteiger partial charge in [0.1, 0.15) is 5.52 Å². The summed E-state index contributed by atoms with van der Waals surface area (Å²) in [4.78, 5) is 19.9. The summed E-state index contributed by atoms with van der Waals surface area (Å²) in [6.45, 7) is 0. The second-order valence-corrected chi connectivity index (χ2v) is 12.2. The summed E-state index contributed by atoms with van der Waals surface area (Å²) in [5.41, 5.74) is 7.23. The molecule has 0 atom stereocenters. The smallest absolute Gasteiger partial charge is 0.227 e. The summed E-state index contributed by atoms with van der Waals surface area (Å²) in [5.74, 6) is 2.36. The summed E-state index contributed by atoms with van der Waals surface area (Å²) in [6.07, 6.45) is 0. The first-order chi connectivity index (χ1) is 22.8. The Balaban J connectivity index is 1.29. The van der Waals surface area contributed by atoms with Gasteiger partial charge in [0.25, 0.3) is 0 Å². The number of oxazole rings is 1. The molecule has 46 heavy (non-hydrogen) atoms. The van der Waals surface area contributed by atoms with Gasteiger partial charge < -0.3 is 4.42 Å². The predicted molar refractivity (Wildman–Crippen MR) is 187 cm³/mol. The molecule has 0 unspecified atom stereocenters. The van der Waals surface area contributed by atoms with Crippen LogP contribution in [0.2, 0.25) is 0 Å². The van der Waals surface area contributed by atoms with Gasteiger partial charge in [-0.3, -0.25) is 0 Å². The van der Waals surface area contributed by atoms with E-state index < -0.39 is 0 Å². The van der Waals surface area contributed by atoms with E-state index in [9.17, 15) is 0 Å². The quantitative estimate of drug-likeness (QED) is 0.194. The van der Waals surface area contributed by atoms with Gasteiger partial charge in [-0.1, -0.05) is 109 Å². The maximum atomic E-state index is 6.21. The Kier molecular flexibility index (Phi) is 6.25. The number of rotatable bonds is 5. The van der Waals surface area contributed by atoms with E-state index in [1.807, 2.05) is 96.3 Å². The van der Waals surface area contributed by atoms with Crippen LogP contribution in [0.15, 0.2) is 150 Å². The van der Waals surface area contributed by atoms with E-state index in [-0.39, 0.29) is 0 Å². The van der Waals surface area contributed by atoms with Crippen LogP contribution in [0.3, 0.4) is 0 Å². The molecule has 0 saturated heterocycles. The van der Waals surface area contributed by atoms with Crippen molar-refractivity contribution in [3.05, 3.63) is 146 Å². The highest BCUT2D eigenvalue weighted by Crippen LogP contribution is 2.40. The fourth-order valence-corrected chi connectivity index (χ4v) is 7.08.